The van der Waals surface area contributed by atoms with Gasteiger partial charge in [0.25, 0.3) is 0 Å². The molecule has 128 valence electrons. The van der Waals surface area contributed by atoms with Crippen molar-refractivity contribution in [1.29, 1.82) is 0 Å². The average molecular weight is 347 g/mol. The second kappa shape index (κ2) is 8.49. The van der Waals surface area contributed by atoms with Crippen molar-refractivity contribution in [3.8, 4) is 11.5 Å². The number of nitrogens with one attached hydrogen (secondary N) is 1. The molecule has 0 saturated heterocycles. The van der Waals surface area contributed by atoms with Crippen molar-refractivity contribution in [2.24, 2.45) is 0 Å². The van der Waals surface area contributed by atoms with Crippen LogP contribution in [0, 0.1) is 0 Å². The molecular formula is C18H21NO4S. The van der Waals surface area contributed by atoms with E-state index in [9.17, 15) is 9.59 Å². The lowest BCUT2D eigenvalue weighted by molar-refractivity contribution is -0.129. The lowest BCUT2D eigenvalue weighted by atomic mass is 9.97. The van der Waals surface area contributed by atoms with Crippen molar-refractivity contribution in [3.05, 3.63) is 46.2 Å². The Morgan fingerprint density at radius 2 is 1.92 bits per heavy atom. The predicted octanol–water partition coefficient (Wildman–Crippen LogP) is 2.80. The van der Waals surface area contributed by atoms with Crippen LogP contribution in [0.2, 0.25) is 0 Å². The summed E-state index contributed by atoms with van der Waals surface area (Å²) in [6.45, 7) is 1.89. The first-order chi connectivity index (χ1) is 11.6. The van der Waals surface area contributed by atoms with Crippen LogP contribution in [-0.2, 0) is 16.0 Å². The Kier molecular flexibility index (Phi) is 6.37. The van der Waals surface area contributed by atoms with Crippen LogP contribution in [0.3, 0.4) is 0 Å². The molecule has 1 aromatic carbocycles. The summed E-state index contributed by atoms with van der Waals surface area (Å²) in [4.78, 5) is 24.1. The summed E-state index contributed by atoms with van der Waals surface area (Å²) < 4.78 is 10.5. The number of carbonyl (C=O) groups excluding carboxylic acids is 2. The highest BCUT2D eigenvalue weighted by atomic mass is 32.1. The Bertz CT molecular complexity index is 697. The summed E-state index contributed by atoms with van der Waals surface area (Å²) in [7, 11) is 3.17. The zero-order chi connectivity index (χ0) is 17.5. The van der Waals surface area contributed by atoms with Gasteiger partial charge in [0.15, 0.2) is 11.5 Å². The molecule has 1 N–H and O–H groups in total. The maximum absolute atomic E-state index is 12.3. The van der Waals surface area contributed by atoms with Gasteiger partial charge in [0, 0.05) is 6.54 Å². The molecule has 0 bridgehead atoms. The van der Waals surface area contributed by atoms with Crippen LogP contribution in [-0.4, -0.2) is 32.5 Å². The fourth-order valence-electron chi connectivity index (χ4n) is 2.48. The first-order valence-electron chi connectivity index (χ1n) is 7.58. The lowest BCUT2D eigenvalue weighted by Crippen LogP contribution is -2.34. The van der Waals surface area contributed by atoms with Crippen molar-refractivity contribution in [1.82, 2.24) is 5.32 Å². The van der Waals surface area contributed by atoms with Gasteiger partial charge in [-0.1, -0.05) is 6.07 Å². The van der Waals surface area contributed by atoms with Crippen LogP contribution < -0.4 is 14.8 Å². The third kappa shape index (κ3) is 4.35. The highest BCUT2D eigenvalue weighted by Gasteiger charge is 2.25. The molecular weight excluding hydrogens is 326 g/mol. The Labute approximate surface area is 145 Å². The van der Waals surface area contributed by atoms with Gasteiger partial charge >= 0.3 is 0 Å². The fourth-order valence-corrected chi connectivity index (χ4v) is 3.16. The van der Waals surface area contributed by atoms with Crippen molar-refractivity contribution in [2.45, 2.75) is 19.3 Å². The molecule has 0 fully saturated rings. The summed E-state index contributed by atoms with van der Waals surface area (Å²) in [5.41, 5.74) is 1.76. The number of ether oxygens (including phenoxy) is 2. The van der Waals surface area contributed by atoms with E-state index < -0.39 is 5.92 Å². The van der Waals surface area contributed by atoms with Gasteiger partial charge < -0.3 is 14.8 Å². The minimum absolute atomic E-state index is 0.156. The number of hydrogen-bond donors (Lipinski definition) is 1. The molecule has 24 heavy (non-hydrogen) atoms. The summed E-state index contributed by atoms with van der Waals surface area (Å²) in [6, 6.07) is 7.45. The zero-order valence-electron chi connectivity index (χ0n) is 14.0. The molecule has 5 nitrogen and oxygen atoms in total. The molecule has 1 heterocycles. The Balaban J connectivity index is 1.96. The standard InChI is InChI=1S/C18H21NO4S/c1-12(20)17(14-7-9-24-11-14)18(21)19-8-6-13-4-5-15(22-2)16(10-13)23-3/h4-5,7,9-11,17H,6,8H2,1-3H3,(H,19,21). The van der Waals surface area contributed by atoms with Crippen molar-refractivity contribution < 1.29 is 19.1 Å². The van der Waals surface area contributed by atoms with E-state index in [0.29, 0.717) is 24.5 Å². The number of rotatable bonds is 8. The van der Waals surface area contributed by atoms with Crippen LogP contribution in [0.5, 0.6) is 11.5 Å². The van der Waals surface area contributed by atoms with Crippen molar-refractivity contribution in [3.63, 3.8) is 0 Å². The van der Waals surface area contributed by atoms with Gasteiger partial charge in [-0.05, 0) is 53.4 Å². The molecule has 1 unspecified atom stereocenters. The summed E-state index contributed by atoms with van der Waals surface area (Å²) in [5.74, 6) is 0.167. The molecule has 2 rings (SSSR count). The van der Waals surface area contributed by atoms with Gasteiger partial charge in [-0.25, -0.2) is 0 Å². The van der Waals surface area contributed by atoms with E-state index in [4.69, 9.17) is 9.47 Å². The highest BCUT2D eigenvalue weighted by molar-refractivity contribution is 7.08. The topological polar surface area (TPSA) is 64.6 Å². The lowest BCUT2D eigenvalue weighted by Gasteiger charge is -2.13. The first kappa shape index (κ1) is 18.0. The van der Waals surface area contributed by atoms with Crippen LogP contribution in [0.25, 0.3) is 0 Å². The van der Waals surface area contributed by atoms with Gasteiger partial charge in [0.1, 0.15) is 11.7 Å². The van der Waals surface area contributed by atoms with Gasteiger partial charge in [-0.15, -0.1) is 0 Å². The molecule has 0 spiro atoms. The summed E-state index contributed by atoms with van der Waals surface area (Å²) in [5, 5.41) is 6.54. The van der Waals surface area contributed by atoms with Crippen molar-refractivity contribution in [2.75, 3.05) is 20.8 Å². The third-order valence-electron chi connectivity index (χ3n) is 3.71. The van der Waals surface area contributed by atoms with Gasteiger partial charge in [0.2, 0.25) is 5.91 Å². The zero-order valence-corrected chi connectivity index (χ0v) is 14.8. The SMILES string of the molecule is COc1ccc(CCNC(=O)C(C(C)=O)c2ccsc2)cc1OC. The summed E-state index contributed by atoms with van der Waals surface area (Å²) in [6.07, 6.45) is 0.639. The maximum Gasteiger partial charge on any atom is 0.235 e. The highest BCUT2D eigenvalue weighted by Crippen LogP contribution is 2.27. The molecule has 0 aliphatic heterocycles. The maximum atomic E-state index is 12.3. The molecule has 2 aromatic rings. The number of amides is 1. The minimum Gasteiger partial charge on any atom is -0.493 e. The van der Waals surface area contributed by atoms with Gasteiger partial charge in [-0.2, -0.15) is 11.3 Å². The second-order valence-corrected chi connectivity index (χ2v) is 6.11. The number of ketones is 1. The number of thiophene rings is 1. The Hall–Kier alpha value is -2.34. The van der Waals surface area contributed by atoms with E-state index in [1.54, 1.807) is 14.2 Å². The second-order valence-electron chi connectivity index (χ2n) is 5.33. The van der Waals surface area contributed by atoms with E-state index in [0.717, 1.165) is 11.1 Å². The van der Waals surface area contributed by atoms with E-state index in [2.05, 4.69) is 5.32 Å². The fraction of sp³-hybridized carbons (Fsp3) is 0.333. The smallest absolute Gasteiger partial charge is 0.235 e. The molecule has 0 aliphatic rings. The van der Waals surface area contributed by atoms with E-state index in [-0.39, 0.29) is 11.7 Å². The summed E-state index contributed by atoms with van der Waals surface area (Å²) >= 11 is 1.47. The third-order valence-corrected chi connectivity index (χ3v) is 4.41. The molecule has 0 saturated carbocycles. The van der Waals surface area contributed by atoms with E-state index >= 15 is 0 Å². The molecule has 6 heteroatoms. The molecule has 1 atom stereocenters. The normalized spacial score (nSPS) is 11.6. The van der Waals surface area contributed by atoms with E-state index in [1.165, 1.54) is 18.3 Å². The van der Waals surface area contributed by atoms with Crippen LogP contribution in [0.1, 0.15) is 24.0 Å². The minimum atomic E-state index is -0.735. The van der Waals surface area contributed by atoms with Crippen LogP contribution in [0.15, 0.2) is 35.0 Å². The molecule has 1 amide bonds. The molecule has 1 aromatic heterocycles. The van der Waals surface area contributed by atoms with Crippen LogP contribution in [0.4, 0.5) is 0 Å². The predicted molar refractivity (Wildman–Crippen MR) is 94.0 cm³/mol. The van der Waals surface area contributed by atoms with Gasteiger partial charge in [0.05, 0.1) is 14.2 Å². The number of methoxy groups -OCH3 is 2. The number of hydrogen-bond acceptors (Lipinski definition) is 5. The monoisotopic (exact) mass is 347 g/mol. The van der Waals surface area contributed by atoms with E-state index in [1.807, 2.05) is 35.0 Å². The molecule has 0 aliphatic carbocycles. The van der Waals surface area contributed by atoms with Gasteiger partial charge in [-0.3, -0.25) is 9.59 Å². The number of benzene rings is 1. The largest absolute Gasteiger partial charge is 0.493 e. The first-order valence-corrected chi connectivity index (χ1v) is 8.52. The van der Waals surface area contributed by atoms with Crippen LogP contribution >= 0.6 is 11.3 Å². The number of carbonyl (C=O) groups is 2. The van der Waals surface area contributed by atoms with Crippen molar-refractivity contribution >= 4 is 23.0 Å². The molecule has 0 radical (unpaired) electrons. The quantitative estimate of drug-likeness (QED) is 0.746. The Morgan fingerprint density at radius 1 is 1.17 bits per heavy atom. The Morgan fingerprint density at radius 3 is 2.50 bits per heavy atom. The number of Topliss-reactive ketones (excluding diaryl/α,β-unsaturated/α-hetero) is 1. The average Bonchev–Trinajstić information content (AvgIpc) is 3.08.